The second-order valence-corrected chi connectivity index (χ2v) is 4.57. The first-order valence-corrected chi connectivity index (χ1v) is 6.03. The van der Waals surface area contributed by atoms with Crippen molar-refractivity contribution >= 4 is 21.6 Å². The smallest absolute Gasteiger partial charge is 0.133 e. The molecule has 0 unspecified atom stereocenters. The van der Waals surface area contributed by atoms with Crippen molar-refractivity contribution in [1.82, 2.24) is 9.97 Å². The third-order valence-corrected chi connectivity index (χ3v) is 3.30. The molecule has 16 heavy (non-hydrogen) atoms. The van der Waals surface area contributed by atoms with Crippen molar-refractivity contribution in [2.75, 3.05) is 0 Å². The van der Waals surface area contributed by atoms with E-state index in [1.165, 1.54) is 5.56 Å². The van der Waals surface area contributed by atoms with Crippen molar-refractivity contribution in [3.8, 4) is 0 Å². The Morgan fingerprint density at radius 3 is 2.81 bits per heavy atom. The highest BCUT2D eigenvalue weighted by atomic mass is 32.1. The number of hydrogen-bond donors (Lipinski definition) is 0. The Morgan fingerprint density at radius 2 is 1.94 bits per heavy atom. The van der Waals surface area contributed by atoms with Gasteiger partial charge in [0.05, 0.1) is 10.2 Å². The van der Waals surface area contributed by atoms with E-state index in [4.69, 9.17) is 0 Å². The largest absolute Gasteiger partial charge is 0.240 e. The second kappa shape index (κ2) is 4.02. The first kappa shape index (κ1) is 9.48. The van der Waals surface area contributed by atoms with Gasteiger partial charge >= 0.3 is 0 Å². The molecule has 0 aliphatic heterocycles. The summed E-state index contributed by atoms with van der Waals surface area (Å²) < 4.78 is 1.15. The molecule has 3 rings (SSSR count). The van der Waals surface area contributed by atoms with Crippen molar-refractivity contribution in [3.63, 3.8) is 0 Å². The quantitative estimate of drug-likeness (QED) is 0.670. The minimum Gasteiger partial charge on any atom is -0.240 e. The number of nitrogens with zero attached hydrogens (tertiary/aromatic N) is 2. The average Bonchev–Trinajstić information content (AvgIpc) is 2.77. The van der Waals surface area contributed by atoms with E-state index in [0.29, 0.717) is 0 Å². The molecule has 78 valence electrons. The van der Waals surface area contributed by atoms with E-state index in [9.17, 15) is 0 Å². The molecule has 0 atom stereocenters. The predicted octanol–water partition coefficient (Wildman–Crippen LogP) is 3.28. The van der Waals surface area contributed by atoms with Gasteiger partial charge in [0.2, 0.25) is 0 Å². The van der Waals surface area contributed by atoms with Crippen LogP contribution >= 0.6 is 11.3 Å². The molecule has 0 aliphatic rings. The van der Waals surface area contributed by atoms with E-state index in [0.717, 1.165) is 22.5 Å². The number of thiophene rings is 1. The molecule has 0 fully saturated rings. The van der Waals surface area contributed by atoms with Crippen LogP contribution in [0.25, 0.3) is 10.2 Å². The average molecular weight is 226 g/mol. The van der Waals surface area contributed by atoms with Gasteiger partial charge in [-0.25, -0.2) is 9.97 Å². The Bertz CT molecular complexity index is 601. The Hall–Kier alpha value is -1.74. The zero-order valence-electron chi connectivity index (χ0n) is 8.63. The molecular formula is C13H10N2S. The van der Waals surface area contributed by atoms with Crippen molar-refractivity contribution in [3.05, 3.63) is 59.4 Å². The fraction of sp³-hybridized carbons (Fsp3) is 0.0769. The lowest BCUT2D eigenvalue weighted by atomic mass is 10.1. The summed E-state index contributed by atoms with van der Waals surface area (Å²) in [5.74, 6) is 0.886. The predicted molar refractivity (Wildman–Crippen MR) is 66.7 cm³/mol. The van der Waals surface area contributed by atoms with Gasteiger partial charge in [0.15, 0.2) is 0 Å². The summed E-state index contributed by atoms with van der Waals surface area (Å²) in [5, 5.41) is 2.05. The van der Waals surface area contributed by atoms with E-state index >= 15 is 0 Å². The normalized spacial score (nSPS) is 10.8. The highest BCUT2D eigenvalue weighted by Gasteiger charge is 2.01. The van der Waals surface area contributed by atoms with Crippen molar-refractivity contribution in [2.45, 2.75) is 6.42 Å². The zero-order valence-corrected chi connectivity index (χ0v) is 9.45. The molecule has 0 bridgehead atoms. The lowest BCUT2D eigenvalue weighted by Crippen LogP contribution is -1.95. The van der Waals surface area contributed by atoms with Gasteiger partial charge in [-0.1, -0.05) is 30.3 Å². The molecule has 0 amide bonds. The third-order valence-electron chi connectivity index (χ3n) is 2.46. The Morgan fingerprint density at radius 1 is 1.06 bits per heavy atom. The molecule has 0 N–H and O–H groups in total. The maximum atomic E-state index is 4.53. The summed E-state index contributed by atoms with van der Waals surface area (Å²) in [5.41, 5.74) is 2.29. The van der Waals surface area contributed by atoms with Crippen LogP contribution < -0.4 is 0 Å². The van der Waals surface area contributed by atoms with Crippen molar-refractivity contribution in [2.24, 2.45) is 0 Å². The van der Waals surface area contributed by atoms with Crippen LogP contribution in [0.4, 0.5) is 0 Å². The molecule has 3 heteroatoms. The molecule has 1 aromatic carbocycles. The SMILES string of the molecule is c1ccc(Cc2ncc3sccc3n2)cc1. The summed E-state index contributed by atoms with van der Waals surface area (Å²) in [6.45, 7) is 0. The minimum atomic E-state index is 0.798. The maximum Gasteiger partial charge on any atom is 0.133 e. The first-order chi connectivity index (χ1) is 7.92. The van der Waals surface area contributed by atoms with Gasteiger partial charge in [-0.05, 0) is 17.0 Å². The van der Waals surface area contributed by atoms with Gasteiger partial charge in [-0.2, -0.15) is 0 Å². The van der Waals surface area contributed by atoms with Crippen LogP contribution in [0.15, 0.2) is 48.0 Å². The molecule has 0 radical (unpaired) electrons. The molecule has 0 saturated carbocycles. The van der Waals surface area contributed by atoms with Crippen LogP contribution in [0, 0.1) is 0 Å². The number of fused-ring (bicyclic) bond motifs is 1. The van der Waals surface area contributed by atoms with Gasteiger partial charge in [-0.3, -0.25) is 0 Å². The van der Waals surface area contributed by atoms with E-state index in [-0.39, 0.29) is 0 Å². The zero-order chi connectivity index (χ0) is 10.8. The van der Waals surface area contributed by atoms with E-state index < -0.39 is 0 Å². The van der Waals surface area contributed by atoms with Crippen LogP contribution in [0.5, 0.6) is 0 Å². The second-order valence-electron chi connectivity index (χ2n) is 3.62. The van der Waals surface area contributed by atoms with Crippen LogP contribution in [-0.4, -0.2) is 9.97 Å². The summed E-state index contributed by atoms with van der Waals surface area (Å²) >= 11 is 1.68. The Labute approximate surface area is 97.6 Å². The summed E-state index contributed by atoms with van der Waals surface area (Å²) in [6, 6.07) is 12.3. The van der Waals surface area contributed by atoms with Gasteiger partial charge in [-0.15, -0.1) is 11.3 Å². The first-order valence-electron chi connectivity index (χ1n) is 5.15. The summed E-state index contributed by atoms with van der Waals surface area (Å²) in [6.07, 6.45) is 2.71. The maximum absolute atomic E-state index is 4.53. The molecule has 2 aromatic heterocycles. The number of hydrogen-bond acceptors (Lipinski definition) is 3. The molecule has 2 nitrogen and oxygen atoms in total. The number of benzene rings is 1. The molecule has 0 aliphatic carbocycles. The topological polar surface area (TPSA) is 25.8 Å². The van der Waals surface area contributed by atoms with Crippen molar-refractivity contribution < 1.29 is 0 Å². The van der Waals surface area contributed by atoms with Crippen LogP contribution in [-0.2, 0) is 6.42 Å². The summed E-state index contributed by atoms with van der Waals surface area (Å²) in [7, 11) is 0. The summed E-state index contributed by atoms with van der Waals surface area (Å²) in [4.78, 5) is 8.90. The lowest BCUT2D eigenvalue weighted by molar-refractivity contribution is 0.995. The monoisotopic (exact) mass is 226 g/mol. The highest BCUT2D eigenvalue weighted by molar-refractivity contribution is 7.17. The van der Waals surface area contributed by atoms with E-state index in [2.05, 4.69) is 22.1 Å². The van der Waals surface area contributed by atoms with E-state index in [1.807, 2.05) is 35.8 Å². The van der Waals surface area contributed by atoms with Crippen molar-refractivity contribution in [1.29, 1.82) is 0 Å². The molecule has 2 heterocycles. The molecule has 0 saturated heterocycles. The van der Waals surface area contributed by atoms with Crippen LogP contribution in [0.3, 0.4) is 0 Å². The molecular weight excluding hydrogens is 216 g/mol. The Kier molecular flexibility index (Phi) is 2.38. The van der Waals surface area contributed by atoms with Gasteiger partial charge in [0, 0.05) is 12.6 Å². The third kappa shape index (κ3) is 1.82. The van der Waals surface area contributed by atoms with Gasteiger partial charge in [0.25, 0.3) is 0 Å². The lowest BCUT2D eigenvalue weighted by Gasteiger charge is -1.99. The van der Waals surface area contributed by atoms with E-state index in [1.54, 1.807) is 11.3 Å². The number of aromatic nitrogens is 2. The Balaban J connectivity index is 1.94. The van der Waals surface area contributed by atoms with Crippen LogP contribution in [0.1, 0.15) is 11.4 Å². The standard InChI is InChI=1S/C13H10N2S/c1-2-4-10(5-3-1)8-13-14-9-12-11(15-13)6-7-16-12/h1-7,9H,8H2. The molecule has 3 aromatic rings. The van der Waals surface area contributed by atoms with Crippen LogP contribution in [0.2, 0.25) is 0 Å². The molecule has 0 spiro atoms. The number of rotatable bonds is 2. The van der Waals surface area contributed by atoms with Gasteiger partial charge < -0.3 is 0 Å². The van der Waals surface area contributed by atoms with Gasteiger partial charge in [0.1, 0.15) is 5.82 Å². The fourth-order valence-electron chi connectivity index (χ4n) is 1.67. The highest BCUT2D eigenvalue weighted by Crippen LogP contribution is 2.18. The fourth-order valence-corrected chi connectivity index (χ4v) is 2.36. The minimum absolute atomic E-state index is 0.798.